The van der Waals surface area contributed by atoms with Crippen LogP contribution < -0.4 is 0 Å². The minimum atomic E-state index is -3.07. The summed E-state index contributed by atoms with van der Waals surface area (Å²) >= 11 is 0. The summed E-state index contributed by atoms with van der Waals surface area (Å²) in [5.74, 6) is 0.407. The number of benzene rings is 1. The molecule has 0 spiro atoms. The van der Waals surface area contributed by atoms with E-state index in [-0.39, 0.29) is 11.7 Å². The standard InChI is InChI=1S/C11H16O2S/c1-4-14(12,13)11-8-6-5-7-10(11)9(2)3/h5-9H,4H2,1-3H3. The van der Waals surface area contributed by atoms with Crippen molar-refractivity contribution in [1.29, 1.82) is 0 Å². The van der Waals surface area contributed by atoms with Crippen molar-refractivity contribution in [3.63, 3.8) is 0 Å². The van der Waals surface area contributed by atoms with E-state index in [0.717, 1.165) is 5.56 Å². The fourth-order valence-electron chi connectivity index (χ4n) is 1.40. The third kappa shape index (κ3) is 2.15. The fraction of sp³-hybridized carbons (Fsp3) is 0.455. The molecule has 3 heteroatoms. The topological polar surface area (TPSA) is 34.1 Å². The Morgan fingerprint density at radius 2 is 1.79 bits per heavy atom. The zero-order valence-electron chi connectivity index (χ0n) is 8.82. The van der Waals surface area contributed by atoms with Gasteiger partial charge in [-0.1, -0.05) is 39.0 Å². The molecule has 0 saturated carbocycles. The van der Waals surface area contributed by atoms with E-state index in [4.69, 9.17) is 0 Å². The second-order valence-electron chi connectivity index (χ2n) is 3.60. The van der Waals surface area contributed by atoms with E-state index in [9.17, 15) is 8.42 Å². The molecular formula is C11H16O2S. The Kier molecular flexibility index (Phi) is 3.32. The molecule has 0 aliphatic rings. The first kappa shape index (κ1) is 11.2. The predicted octanol–water partition coefficient (Wildman–Crippen LogP) is 2.60. The second kappa shape index (κ2) is 4.13. The van der Waals surface area contributed by atoms with Gasteiger partial charge in [-0.15, -0.1) is 0 Å². The Bertz CT molecular complexity index is 405. The van der Waals surface area contributed by atoms with E-state index in [0.29, 0.717) is 4.90 Å². The largest absolute Gasteiger partial charge is 0.224 e. The second-order valence-corrected chi connectivity index (χ2v) is 5.84. The Morgan fingerprint density at radius 1 is 1.21 bits per heavy atom. The van der Waals surface area contributed by atoms with Crippen LogP contribution in [0.25, 0.3) is 0 Å². The summed E-state index contributed by atoms with van der Waals surface area (Å²) < 4.78 is 23.5. The summed E-state index contributed by atoms with van der Waals surface area (Å²) in [6, 6.07) is 7.22. The first-order chi connectivity index (χ1) is 6.49. The van der Waals surface area contributed by atoms with E-state index < -0.39 is 9.84 Å². The lowest BCUT2D eigenvalue weighted by Crippen LogP contribution is -2.07. The Labute approximate surface area is 85.9 Å². The molecule has 78 valence electrons. The van der Waals surface area contributed by atoms with Crippen LogP contribution in [-0.4, -0.2) is 14.2 Å². The molecule has 1 aromatic rings. The first-order valence-corrected chi connectivity index (χ1v) is 6.46. The Hall–Kier alpha value is -0.830. The molecule has 0 saturated heterocycles. The van der Waals surface area contributed by atoms with Gasteiger partial charge in [-0.2, -0.15) is 0 Å². The SMILES string of the molecule is CCS(=O)(=O)c1ccccc1C(C)C. The van der Waals surface area contributed by atoms with Gasteiger partial charge in [0.2, 0.25) is 0 Å². The molecule has 0 aliphatic carbocycles. The van der Waals surface area contributed by atoms with Gasteiger partial charge < -0.3 is 0 Å². The molecule has 0 atom stereocenters. The third-order valence-electron chi connectivity index (χ3n) is 2.26. The zero-order valence-corrected chi connectivity index (χ0v) is 9.64. The Morgan fingerprint density at radius 3 is 2.29 bits per heavy atom. The lowest BCUT2D eigenvalue weighted by atomic mass is 10.0. The molecule has 0 radical (unpaired) electrons. The van der Waals surface area contributed by atoms with Crippen molar-refractivity contribution in [3.05, 3.63) is 29.8 Å². The molecule has 2 nitrogen and oxygen atoms in total. The molecule has 0 aliphatic heterocycles. The third-order valence-corrected chi connectivity index (χ3v) is 4.06. The van der Waals surface area contributed by atoms with Crippen LogP contribution in [0, 0.1) is 0 Å². The highest BCUT2D eigenvalue weighted by Gasteiger charge is 2.17. The highest BCUT2D eigenvalue weighted by Crippen LogP contribution is 2.23. The predicted molar refractivity (Wildman–Crippen MR) is 58.3 cm³/mol. The zero-order chi connectivity index (χ0) is 10.8. The van der Waals surface area contributed by atoms with E-state index >= 15 is 0 Å². The normalized spacial score (nSPS) is 12.0. The van der Waals surface area contributed by atoms with Gasteiger partial charge in [0, 0.05) is 0 Å². The highest BCUT2D eigenvalue weighted by molar-refractivity contribution is 7.91. The summed E-state index contributed by atoms with van der Waals surface area (Å²) in [4.78, 5) is 0.484. The molecule has 0 fully saturated rings. The van der Waals surface area contributed by atoms with Crippen LogP contribution in [-0.2, 0) is 9.84 Å². The molecule has 0 unspecified atom stereocenters. The summed E-state index contributed by atoms with van der Waals surface area (Å²) in [6.45, 7) is 5.68. The van der Waals surface area contributed by atoms with Crippen LogP contribution in [0.15, 0.2) is 29.2 Å². The number of hydrogen-bond donors (Lipinski definition) is 0. The van der Waals surface area contributed by atoms with E-state index in [1.807, 2.05) is 26.0 Å². The average Bonchev–Trinajstić information content (AvgIpc) is 2.18. The van der Waals surface area contributed by atoms with Crippen LogP contribution in [0.5, 0.6) is 0 Å². The molecule has 0 amide bonds. The minimum absolute atomic E-state index is 0.163. The highest BCUT2D eigenvalue weighted by atomic mass is 32.2. The monoisotopic (exact) mass is 212 g/mol. The molecule has 1 rings (SSSR count). The van der Waals surface area contributed by atoms with Gasteiger partial charge >= 0.3 is 0 Å². The molecule has 0 aromatic heterocycles. The number of rotatable bonds is 3. The molecule has 0 heterocycles. The summed E-state index contributed by atoms with van der Waals surface area (Å²) in [6.07, 6.45) is 0. The van der Waals surface area contributed by atoms with Crippen LogP contribution in [0.3, 0.4) is 0 Å². The van der Waals surface area contributed by atoms with Crippen molar-refractivity contribution in [2.24, 2.45) is 0 Å². The van der Waals surface area contributed by atoms with Crippen LogP contribution in [0.2, 0.25) is 0 Å². The molecule has 0 N–H and O–H groups in total. The van der Waals surface area contributed by atoms with Gasteiger partial charge in [-0.25, -0.2) is 8.42 Å². The van der Waals surface area contributed by atoms with Crippen molar-refractivity contribution >= 4 is 9.84 Å². The first-order valence-electron chi connectivity index (χ1n) is 4.80. The van der Waals surface area contributed by atoms with Crippen molar-refractivity contribution in [1.82, 2.24) is 0 Å². The van der Waals surface area contributed by atoms with Crippen molar-refractivity contribution in [2.45, 2.75) is 31.6 Å². The van der Waals surface area contributed by atoms with E-state index in [2.05, 4.69) is 0 Å². The summed E-state index contributed by atoms with van der Waals surface area (Å²) in [5.41, 5.74) is 0.911. The summed E-state index contributed by atoms with van der Waals surface area (Å²) in [5, 5.41) is 0. The average molecular weight is 212 g/mol. The van der Waals surface area contributed by atoms with Gasteiger partial charge in [0.1, 0.15) is 0 Å². The van der Waals surface area contributed by atoms with Crippen LogP contribution in [0.4, 0.5) is 0 Å². The summed E-state index contributed by atoms with van der Waals surface area (Å²) in [7, 11) is -3.07. The van der Waals surface area contributed by atoms with Gasteiger partial charge in [-0.05, 0) is 17.5 Å². The van der Waals surface area contributed by atoms with Crippen molar-refractivity contribution in [3.8, 4) is 0 Å². The maximum Gasteiger partial charge on any atom is 0.178 e. The minimum Gasteiger partial charge on any atom is -0.224 e. The van der Waals surface area contributed by atoms with Crippen LogP contribution >= 0.6 is 0 Å². The van der Waals surface area contributed by atoms with Gasteiger partial charge in [-0.3, -0.25) is 0 Å². The lowest BCUT2D eigenvalue weighted by Gasteiger charge is -2.11. The van der Waals surface area contributed by atoms with Gasteiger partial charge in [0.05, 0.1) is 10.6 Å². The maximum atomic E-state index is 11.7. The molecule has 14 heavy (non-hydrogen) atoms. The van der Waals surface area contributed by atoms with E-state index in [1.165, 1.54) is 0 Å². The quantitative estimate of drug-likeness (QED) is 0.771. The smallest absolute Gasteiger partial charge is 0.178 e. The lowest BCUT2D eigenvalue weighted by molar-refractivity contribution is 0.595. The van der Waals surface area contributed by atoms with Gasteiger partial charge in [0.15, 0.2) is 9.84 Å². The fourth-order valence-corrected chi connectivity index (χ4v) is 2.66. The maximum absolute atomic E-state index is 11.7. The van der Waals surface area contributed by atoms with Crippen molar-refractivity contribution < 1.29 is 8.42 Å². The van der Waals surface area contributed by atoms with Crippen LogP contribution in [0.1, 0.15) is 32.3 Å². The van der Waals surface area contributed by atoms with E-state index in [1.54, 1.807) is 19.1 Å². The Balaban J connectivity index is 3.35. The molecule has 1 aromatic carbocycles. The van der Waals surface area contributed by atoms with Crippen molar-refractivity contribution in [2.75, 3.05) is 5.75 Å². The van der Waals surface area contributed by atoms with Gasteiger partial charge in [0.25, 0.3) is 0 Å². The molecule has 0 bridgehead atoms. The molecular weight excluding hydrogens is 196 g/mol. The number of sulfone groups is 1. The number of hydrogen-bond acceptors (Lipinski definition) is 2.